The number of aliphatic hydroxyl groups excluding tert-OH is 1. The minimum absolute atomic E-state index is 0.0156. The molecule has 1 atom stereocenters. The lowest BCUT2D eigenvalue weighted by Crippen LogP contribution is -1.95. The molecule has 0 saturated carbocycles. The summed E-state index contributed by atoms with van der Waals surface area (Å²) in [6.07, 6.45) is 0.815. The van der Waals surface area contributed by atoms with E-state index in [1.807, 2.05) is 0 Å². The summed E-state index contributed by atoms with van der Waals surface area (Å²) in [5, 5.41) is 9.36. The number of aliphatic hydroxyl groups is 1. The van der Waals surface area contributed by atoms with E-state index in [0.29, 0.717) is 21.7 Å². The summed E-state index contributed by atoms with van der Waals surface area (Å²) in [5.74, 6) is 0.175. The summed E-state index contributed by atoms with van der Waals surface area (Å²) in [6, 6.07) is 5.90. The number of ether oxygens (including phenoxy) is 1. The first kappa shape index (κ1) is 14.2. The lowest BCUT2D eigenvalue weighted by Gasteiger charge is -2.09. The first-order valence-electron chi connectivity index (χ1n) is 5.44. The number of halogens is 3. The van der Waals surface area contributed by atoms with Crippen molar-refractivity contribution in [2.24, 2.45) is 0 Å². The SMILES string of the molecule is C[C@H](O)c1ccc(Oc2cc(F)c(Cl)cc2Br)cn1. The van der Waals surface area contributed by atoms with E-state index in [1.165, 1.54) is 18.3 Å². The molecule has 19 heavy (non-hydrogen) atoms. The topological polar surface area (TPSA) is 42.4 Å². The van der Waals surface area contributed by atoms with Gasteiger partial charge >= 0.3 is 0 Å². The Labute approximate surface area is 123 Å². The summed E-state index contributed by atoms with van der Waals surface area (Å²) in [6.45, 7) is 1.62. The van der Waals surface area contributed by atoms with Gasteiger partial charge in [-0.25, -0.2) is 4.39 Å². The Morgan fingerprint density at radius 1 is 1.42 bits per heavy atom. The van der Waals surface area contributed by atoms with Gasteiger partial charge in [0, 0.05) is 6.07 Å². The summed E-state index contributed by atoms with van der Waals surface area (Å²) in [7, 11) is 0. The predicted octanol–water partition coefficient (Wildman–Crippen LogP) is 4.48. The molecule has 1 N–H and O–H groups in total. The van der Waals surface area contributed by atoms with Gasteiger partial charge in [0.2, 0.25) is 0 Å². The van der Waals surface area contributed by atoms with Crippen molar-refractivity contribution < 1.29 is 14.2 Å². The zero-order valence-corrected chi connectivity index (χ0v) is 12.2. The molecule has 1 heterocycles. The van der Waals surface area contributed by atoms with E-state index < -0.39 is 11.9 Å². The van der Waals surface area contributed by atoms with Crippen molar-refractivity contribution in [1.82, 2.24) is 4.98 Å². The average Bonchev–Trinajstić information content (AvgIpc) is 2.36. The van der Waals surface area contributed by atoms with Crippen molar-refractivity contribution in [3.8, 4) is 11.5 Å². The van der Waals surface area contributed by atoms with Crippen LogP contribution in [0.5, 0.6) is 11.5 Å². The van der Waals surface area contributed by atoms with E-state index in [-0.39, 0.29) is 5.02 Å². The van der Waals surface area contributed by atoms with E-state index in [2.05, 4.69) is 20.9 Å². The van der Waals surface area contributed by atoms with Crippen LogP contribution >= 0.6 is 27.5 Å². The second kappa shape index (κ2) is 5.86. The summed E-state index contributed by atoms with van der Waals surface area (Å²) in [5.41, 5.74) is 0.536. The largest absolute Gasteiger partial charge is 0.454 e. The van der Waals surface area contributed by atoms with Gasteiger partial charge < -0.3 is 9.84 Å². The third kappa shape index (κ3) is 3.43. The lowest BCUT2D eigenvalue weighted by molar-refractivity contribution is 0.194. The number of hydrogen-bond acceptors (Lipinski definition) is 3. The third-order valence-corrected chi connectivity index (χ3v) is 3.30. The normalized spacial score (nSPS) is 12.3. The summed E-state index contributed by atoms with van der Waals surface area (Å²) >= 11 is 8.88. The van der Waals surface area contributed by atoms with Gasteiger partial charge in [0.15, 0.2) is 0 Å². The van der Waals surface area contributed by atoms with Crippen LogP contribution in [0.2, 0.25) is 5.02 Å². The van der Waals surface area contributed by atoms with Crippen LogP contribution in [0.3, 0.4) is 0 Å². The predicted molar refractivity (Wildman–Crippen MR) is 74.1 cm³/mol. The van der Waals surface area contributed by atoms with Crippen LogP contribution in [0.15, 0.2) is 34.9 Å². The zero-order valence-electron chi connectivity index (χ0n) is 9.90. The smallest absolute Gasteiger partial charge is 0.145 e. The Kier molecular flexibility index (Phi) is 4.39. The second-order valence-corrected chi connectivity index (χ2v) is 5.16. The van der Waals surface area contributed by atoms with Crippen LogP contribution in [-0.2, 0) is 0 Å². The summed E-state index contributed by atoms with van der Waals surface area (Å²) < 4.78 is 19.4. The Balaban J connectivity index is 2.24. The number of nitrogens with zero attached hydrogens (tertiary/aromatic N) is 1. The molecule has 0 aliphatic carbocycles. The van der Waals surface area contributed by atoms with Gasteiger partial charge in [-0.3, -0.25) is 4.98 Å². The average molecular weight is 347 g/mol. The van der Waals surface area contributed by atoms with Gasteiger partial charge in [-0.2, -0.15) is 0 Å². The highest BCUT2D eigenvalue weighted by Gasteiger charge is 2.09. The molecule has 2 aromatic rings. The fourth-order valence-corrected chi connectivity index (χ4v) is 2.13. The van der Waals surface area contributed by atoms with Crippen molar-refractivity contribution in [2.45, 2.75) is 13.0 Å². The minimum atomic E-state index is -0.645. The molecule has 6 heteroatoms. The molecule has 0 spiro atoms. The number of rotatable bonds is 3. The van der Waals surface area contributed by atoms with E-state index in [1.54, 1.807) is 19.1 Å². The first-order chi connectivity index (χ1) is 8.97. The molecule has 3 nitrogen and oxygen atoms in total. The third-order valence-electron chi connectivity index (χ3n) is 2.39. The quantitative estimate of drug-likeness (QED) is 0.833. The van der Waals surface area contributed by atoms with E-state index in [9.17, 15) is 9.50 Å². The first-order valence-corrected chi connectivity index (χ1v) is 6.61. The van der Waals surface area contributed by atoms with Crippen LogP contribution in [0, 0.1) is 5.82 Å². The molecule has 100 valence electrons. The maximum absolute atomic E-state index is 13.4. The van der Waals surface area contributed by atoms with Crippen LogP contribution in [0.1, 0.15) is 18.7 Å². The molecule has 0 aliphatic heterocycles. The molecule has 0 bridgehead atoms. The number of benzene rings is 1. The number of aromatic nitrogens is 1. The van der Waals surface area contributed by atoms with Gasteiger partial charge in [0.05, 0.1) is 27.5 Å². The highest BCUT2D eigenvalue weighted by atomic mass is 79.9. The van der Waals surface area contributed by atoms with Gasteiger partial charge in [0.1, 0.15) is 17.3 Å². The van der Waals surface area contributed by atoms with Crippen molar-refractivity contribution in [2.75, 3.05) is 0 Å². The molecule has 1 aromatic heterocycles. The molecule has 0 radical (unpaired) electrons. The van der Waals surface area contributed by atoms with Crippen LogP contribution in [0.4, 0.5) is 4.39 Å². The van der Waals surface area contributed by atoms with Crippen LogP contribution < -0.4 is 4.74 Å². The van der Waals surface area contributed by atoms with Gasteiger partial charge in [-0.15, -0.1) is 0 Å². The molecule has 0 amide bonds. The van der Waals surface area contributed by atoms with E-state index >= 15 is 0 Å². The Morgan fingerprint density at radius 3 is 2.74 bits per heavy atom. The molecule has 0 fully saturated rings. The molecule has 0 aliphatic rings. The highest BCUT2D eigenvalue weighted by Crippen LogP contribution is 2.33. The fourth-order valence-electron chi connectivity index (χ4n) is 1.41. The maximum atomic E-state index is 13.4. The minimum Gasteiger partial charge on any atom is -0.454 e. The molecule has 1 aromatic carbocycles. The Morgan fingerprint density at radius 2 is 2.16 bits per heavy atom. The number of pyridine rings is 1. The lowest BCUT2D eigenvalue weighted by atomic mass is 10.2. The van der Waals surface area contributed by atoms with Gasteiger partial charge in [-0.1, -0.05) is 11.6 Å². The Hall–Kier alpha value is -1.17. The maximum Gasteiger partial charge on any atom is 0.145 e. The van der Waals surface area contributed by atoms with Crippen molar-refractivity contribution in [3.05, 3.63) is 51.5 Å². The van der Waals surface area contributed by atoms with Crippen molar-refractivity contribution >= 4 is 27.5 Å². The standard InChI is InChI=1S/C13H10BrClFNO2/c1-7(18)12-3-2-8(6-17-12)19-13-5-11(16)10(15)4-9(13)14/h2-7,18H,1H3/t7-/m0/s1. The molecule has 2 rings (SSSR count). The van der Waals surface area contributed by atoms with Crippen molar-refractivity contribution in [3.63, 3.8) is 0 Å². The van der Waals surface area contributed by atoms with Crippen molar-refractivity contribution in [1.29, 1.82) is 0 Å². The van der Waals surface area contributed by atoms with Crippen LogP contribution in [-0.4, -0.2) is 10.1 Å². The van der Waals surface area contributed by atoms with Gasteiger partial charge in [0.25, 0.3) is 0 Å². The monoisotopic (exact) mass is 345 g/mol. The second-order valence-electron chi connectivity index (χ2n) is 3.89. The highest BCUT2D eigenvalue weighted by molar-refractivity contribution is 9.10. The molecule has 0 unspecified atom stereocenters. The van der Waals surface area contributed by atoms with Gasteiger partial charge in [-0.05, 0) is 41.1 Å². The molecular formula is C13H10BrClFNO2. The zero-order chi connectivity index (χ0) is 14.0. The fraction of sp³-hybridized carbons (Fsp3) is 0.154. The number of hydrogen-bond donors (Lipinski definition) is 1. The van der Waals surface area contributed by atoms with E-state index in [4.69, 9.17) is 16.3 Å². The molecular weight excluding hydrogens is 337 g/mol. The summed E-state index contributed by atoms with van der Waals surface area (Å²) in [4.78, 5) is 4.03. The Bertz CT molecular complexity index is 590. The molecule has 0 saturated heterocycles. The van der Waals surface area contributed by atoms with E-state index in [0.717, 1.165) is 0 Å². The van der Waals surface area contributed by atoms with Crippen LogP contribution in [0.25, 0.3) is 0 Å².